The van der Waals surface area contributed by atoms with Gasteiger partial charge in [-0.15, -0.1) is 11.3 Å². The molecule has 12 nitrogen and oxygen atoms in total. The number of aromatic amines is 1. The summed E-state index contributed by atoms with van der Waals surface area (Å²) in [5.74, 6) is -0.0642. The number of H-pyrrole nitrogens is 1. The van der Waals surface area contributed by atoms with Crippen LogP contribution in [0.5, 0.6) is 5.75 Å². The molecular weight excluding hydrogens is 777 g/mol. The number of rotatable bonds is 16. The molecule has 0 bridgehead atoms. The molecule has 3 heterocycles. The Morgan fingerprint density at radius 1 is 1.05 bits per heavy atom. The zero-order valence-corrected chi connectivity index (χ0v) is 35.5. The predicted molar refractivity (Wildman–Crippen MR) is 236 cm³/mol. The lowest BCUT2D eigenvalue weighted by Gasteiger charge is -2.35. The number of carbonyl (C=O) groups excluding carboxylic acids is 4. The summed E-state index contributed by atoms with van der Waals surface area (Å²) in [6.45, 7) is 13.7. The second kappa shape index (κ2) is 19.3. The largest absolute Gasteiger partial charge is 0.494 e. The van der Waals surface area contributed by atoms with Gasteiger partial charge < -0.3 is 30.4 Å². The lowest BCUT2D eigenvalue weighted by molar-refractivity contribution is -0.144. The molecule has 0 spiro atoms. The average Bonchev–Trinajstić information content (AvgIpc) is 3.98. The summed E-state index contributed by atoms with van der Waals surface area (Å²) < 4.78 is 5.95. The third-order valence-corrected chi connectivity index (χ3v) is 11.5. The highest BCUT2D eigenvalue weighted by molar-refractivity contribution is 7.13. The summed E-state index contributed by atoms with van der Waals surface area (Å²) in [6, 6.07) is 22.7. The number of ketones is 1. The molecule has 1 saturated heterocycles. The first kappa shape index (κ1) is 43.4. The Balaban J connectivity index is 0.998. The molecule has 312 valence electrons. The van der Waals surface area contributed by atoms with Crippen molar-refractivity contribution in [3.8, 4) is 16.2 Å². The quantitative estimate of drug-likeness (QED) is 0.0453. The molecular formula is C47H52N6O6S. The Kier molecular flexibility index (Phi) is 13.9. The van der Waals surface area contributed by atoms with Gasteiger partial charge in [0.2, 0.25) is 17.7 Å². The van der Waals surface area contributed by atoms with Gasteiger partial charge in [-0.25, -0.2) is 9.98 Å². The van der Waals surface area contributed by atoms with Crippen LogP contribution in [0.1, 0.15) is 85.3 Å². The van der Waals surface area contributed by atoms with E-state index in [4.69, 9.17) is 4.74 Å². The van der Waals surface area contributed by atoms with E-state index in [2.05, 4.69) is 32.3 Å². The number of β-amino-alcohol motifs (C(OH)–C–C–N with tert-alkyl or cyclic N) is 1. The van der Waals surface area contributed by atoms with Crippen LogP contribution in [0.3, 0.4) is 0 Å². The number of aromatic nitrogens is 2. The highest BCUT2D eigenvalue weighted by Crippen LogP contribution is 2.31. The number of nitrogens with zero attached hydrogens (tertiary/aromatic N) is 3. The topological polar surface area (TPSA) is 166 Å². The summed E-state index contributed by atoms with van der Waals surface area (Å²) in [6.07, 6.45) is 3.33. The van der Waals surface area contributed by atoms with E-state index in [0.717, 1.165) is 32.8 Å². The van der Waals surface area contributed by atoms with Crippen molar-refractivity contribution in [3.63, 3.8) is 0 Å². The second-order valence-corrected chi connectivity index (χ2v) is 16.9. The van der Waals surface area contributed by atoms with E-state index in [1.54, 1.807) is 29.7 Å². The van der Waals surface area contributed by atoms with Gasteiger partial charge in [0.1, 0.15) is 23.7 Å². The number of ether oxygens (including phenoxy) is 1. The summed E-state index contributed by atoms with van der Waals surface area (Å²) in [4.78, 5) is 67.9. The minimum Gasteiger partial charge on any atom is -0.494 e. The third-order valence-electron chi connectivity index (χ3n) is 10.5. The van der Waals surface area contributed by atoms with E-state index in [1.807, 2.05) is 113 Å². The SMILES string of the molecule is C=Nc1[nH]cc(C(=O)c2ccccc2)c1/C=C(\C)c1ccc(OCCCC(=O)N[C@H](C(=O)N2C[C@H](O)C[C@H]2C(=O)NCc2ccc(-c3scnc3C)cc2)C(C)(C)C)cc1. The maximum absolute atomic E-state index is 14.0. The molecule has 0 saturated carbocycles. The lowest BCUT2D eigenvalue weighted by Crippen LogP contribution is -2.57. The number of aryl methyl sites for hydroxylation is 1. The lowest BCUT2D eigenvalue weighted by atomic mass is 9.85. The summed E-state index contributed by atoms with van der Waals surface area (Å²) in [5, 5.41) is 16.4. The Morgan fingerprint density at radius 2 is 1.77 bits per heavy atom. The summed E-state index contributed by atoms with van der Waals surface area (Å²) in [5.41, 5.74) is 7.63. The number of aliphatic imine (C=N–C) groups is 1. The highest BCUT2D eigenvalue weighted by atomic mass is 32.1. The van der Waals surface area contributed by atoms with Crippen LogP contribution < -0.4 is 15.4 Å². The number of carbonyl (C=O) groups is 4. The summed E-state index contributed by atoms with van der Waals surface area (Å²) in [7, 11) is 0. The standard InChI is InChI=1S/C47H52N6O6S/c1-29(23-37-38(26-49-44(37)48-6)41(56)33-11-8-7-9-12-33)32-18-20-36(21-19-32)59-22-10-13-40(55)52-43(47(3,4)5)46(58)53-27-35(54)24-39(53)45(57)50-25-31-14-16-34(17-15-31)42-30(2)51-28-60-42/h7-9,11-12,14-21,23,26,28,35,39,43,49,54H,6,10,13,22,24-25,27H2,1-5H3,(H,50,57)(H,52,55)/b29-23+/t35-,39+,43-/m1/s1. The molecule has 1 fully saturated rings. The van der Waals surface area contributed by atoms with E-state index in [1.165, 1.54) is 4.90 Å². The van der Waals surface area contributed by atoms with Crippen molar-refractivity contribution in [2.24, 2.45) is 10.4 Å². The second-order valence-electron chi connectivity index (χ2n) is 16.1. The van der Waals surface area contributed by atoms with Crippen molar-refractivity contribution in [2.45, 2.75) is 78.6 Å². The van der Waals surface area contributed by atoms with Gasteiger partial charge in [0, 0.05) is 48.8 Å². The number of likely N-dealkylation sites (tertiary alicyclic amines) is 1. The molecule has 1 aliphatic heterocycles. The van der Waals surface area contributed by atoms with E-state index < -0.39 is 29.5 Å². The predicted octanol–water partition coefficient (Wildman–Crippen LogP) is 7.54. The number of allylic oxidation sites excluding steroid dienone is 1. The highest BCUT2D eigenvalue weighted by Gasteiger charge is 2.44. The molecule has 6 rings (SSSR count). The van der Waals surface area contributed by atoms with Crippen LogP contribution in [0.2, 0.25) is 0 Å². The fourth-order valence-corrected chi connectivity index (χ4v) is 8.00. The number of benzene rings is 3. The van der Waals surface area contributed by atoms with Gasteiger partial charge in [-0.1, -0.05) is 87.5 Å². The Bertz CT molecular complexity index is 2340. The van der Waals surface area contributed by atoms with Crippen LogP contribution in [-0.2, 0) is 20.9 Å². The monoisotopic (exact) mass is 828 g/mol. The maximum atomic E-state index is 14.0. The molecule has 1 aliphatic rings. The first-order valence-corrected chi connectivity index (χ1v) is 20.9. The molecule has 3 amide bonds. The molecule has 13 heteroatoms. The van der Waals surface area contributed by atoms with Crippen molar-refractivity contribution in [1.29, 1.82) is 0 Å². The van der Waals surface area contributed by atoms with Gasteiger partial charge in [-0.05, 0) is 72.9 Å². The first-order chi connectivity index (χ1) is 28.7. The minimum atomic E-state index is -0.921. The molecule has 0 unspecified atom stereocenters. The van der Waals surface area contributed by atoms with Gasteiger partial charge in [-0.3, -0.25) is 19.2 Å². The minimum absolute atomic E-state index is 0.00162. The van der Waals surface area contributed by atoms with Crippen LogP contribution in [-0.4, -0.2) is 81.5 Å². The molecule has 5 aromatic rings. The van der Waals surface area contributed by atoms with Crippen LogP contribution >= 0.6 is 11.3 Å². The van der Waals surface area contributed by atoms with Crippen molar-refractivity contribution in [2.75, 3.05) is 13.2 Å². The van der Waals surface area contributed by atoms with E-state index in [9.17, 15) is 24.3 Å². The van der Waals surface area contributed by atoms with Crippen molar-refractivity contribution in [1.82, 2.24) is 25.5 Å². The van der Waals surface area contributed by atoms with Gasteiger partial charge in [0.15, 0.2) is 5.78 Å². The number of aliphatic hydroxyl groups excluding tert-OH is 1. The smallest absolute Gasteiger partial charge is 0.246 e. The number of nitrogens with one attached hydrogen (secondary N) is 3. The van der Waals surface area contributed by atoms with Gasteiger partial charge >= 0.3 is 0 Å². The van der Waals surface area contributed by atoms with E-state index >= 15 is 0 Å². The number of hydrogen-bond acceptors (Lipinski definition) is 9. The van der Waals surface area contributed by atoms with E-state index in [-0.39, 0.29) is 50.1 Å². The number of thiazole rings is 1. The first-order valence-electron chi connectivity index (χ1n) is 20.0. The maximum Gasteiger partial charge on any atom is 0.246 e. The normalized spacial score (nSPS) is 16.0. The number of aliphatic hydroxyl groups is 1. The molecule has 3 aromatic carbocycles. The Labute approximate surface area is 354 Å². The van der Waals surface area contributed by atoms with Gasteiger partial charge in [0.05, 0.1) is 28.8 Å². The molecule has 3 atom stereocenters. The van der Waals surface area contributed by atoms with E-state index in [0.29, 0.717) is 34.7 Å². The summed E-state index contributed by atoms with van der Waals surface area (Å²) >= 11 is 1.57. The van der Waals surface area contributed by atoms with Gasteiger partial charge in [0.25, 0.3) is 0 Å². The molecule has 0 aliphatic carbocycles. The number of amides is 3. The van der Waals surface area contributed by atoms with Crippen molar-refractivity contribution >= 4 is 59.0 Å². The van der Waals surface area contributed by atoms with Crippen LogP contribution in [0.4, 0.5) is 5.82 Å². The Hall–Kier alpha value is -6.18. The zero-order chi connectivity index (χ0) is 43.0. The molecule has 60 heavy (non-hydrogen) atoms. The zero-order valence-electron chi connectivity index (χ0n) is 34.7. The molecule has 4 N–H and O–H groups in total. The van der Waals surface area contributed by atoms with Crippen LogP contribution in [0, 0.1) is 12.3 Å². The van der Waals surface area contributed by atoms with Crippen LogP contribution in [0.25, 0.3) is 22.1 Å². The fourth-order valence-electron chi connectivity index (χ4n) is 7.18. The average molecular weight is 829 g/mol. The molecule has 2 aromatic heterocycles. The van der Waals surface area contributed by atoms with Crippen molar-refractivity contribution in [3.05, 3.63) is 124 Å². The Morgan fingerprint density at radius 3 is 2.42 bits per heavy atom. The third kappa shape index (κ3) is 10.5. The van der Waals surface area contributed by atoms with Crippen molar-refractivity contribution < 1.29 is 29.0 Å². The van der Waals surface area contributed by atoms with Crippen LogP contribution in [0.15, 0.2) is 95.6 Å². The number of hydrogen-bond donors (Lipinski definition) is 4. The fraction of sp³-hybridized carbons (Fsp3) is 0.319. The molecule has 0 radical (unpaired) electrons. The van der Waals surface area contributed by atoms with Gasteiger partial charge in [-0.2, -0.15) is 0 Å².